The van der Waals surface area contributed by atoms with Crippen molar-refractivity contribution in [3.63, 3.8) is 0 Å². The molecule has 110 valence electrons. The molecule has 1 aromatic rings. The molecule has 0 spiro atoms. The maximum Gasteiger partial charge on any atom is 0.293 e. The van der Waals surface area contributed by atoms with Gasteiger partial charge in [0.25, 0.3) is 11.6 Å². The molecule has 0 bridgehead atoms. The van der Waals surface area contributed by atoms with Gasteiger partial charge >= 0.3 is 0 Å². The van der Waals surface area contributed by atoms with Crippen molar-refractivity contribution in [3.8, 4) is 0 Å². The van der Waals surface area contributed by atoms with Gasteiger partial charge in [0, 0.05) is 12.6 Å². The zero-order chi connectivity index (χ0) is 15.4. The number of amides is 1. The largest absolute Gasteiger partial charge is 0.392 e. The summed E-state index contributed by atoms with van der Waals surface area (Å²) in [5, 5.41) is 13.3. The Morgan fingerprint density at radius 3 is 2.55 bits per heavy atom. The number of rotatable bonds is 5. The van der Waals surface area contributed by atoms with E-state index in [9.17, 15) is 19.3 Å². The van der Waals surface area contributed by atoms with Crippen LogP contribution in [0.2, 0.25) is 0 Å². The summed E-state index contributed by atoms with van der Waals surface area (Å²) in [5.74, 6) is -1.07. The van der Waals surface area contributed by atoms with Crippen molar-refractivity contribution in [1.82, 2.24) is 5.32 Å². The number of nitrogens with one attached hydrogen (secondary N) is 1. The van der Waals surface area contributed by atoms with E-state index in [4.69, 9.17) is 5.73 Å². The van der Waals surface area contributed by atoms with E-state index in [1.165, 1.54) is 0 Å². The first-order chi connectivity index (χ1) is 9.25. The first-order valence-corrected chi connectivity index (χ1v) is 6.26. The molecule has 0 aliphatic heterocycles. The van der Waals surface area contributed by atoms with Crippen LogP contribution in [-0.2, 0) is 0 Å². The lowest BCUT2D eigenvalue weighted by Crippen LogP contribution is -2.31. The van der Waals surface area contributed by atoms with E-state index in [1.54, 1.807) is 0 Å². The number of carbonyl (C=O) groups excluding carboxylic acids is 1. The average molecular weight is 283 g/mol. The number of nitrogen functional groups attached to an aromatic ring is 1. The first-order valence-electron chi connectivity index (χ1n) is 6.26. The van der Waals surface area contributed by atoms with Gasteiger partial charge in [-0.3, -0.25) is 14.9 Å². The molecule has 6 nitrogen and oxygen atoms in total. The van der Waals surface area contributed by atoms with Gasteiger partial charge in [0.2, 0.25) is 0 Å². The Balaban J connectivity index is 2.98. The van der Waals surface area contributed by atoms with Crippen LogP contribution in [0.5, 0.6) is 0 Å². The number of nitrogens with two attached hydrogens (primary N) is 1. The van der Waals surface area contributed by atoms with Crippen LogP contribution in [0, 0.1) is 27.8 Å². The molecular weight excluding hydrogens is 265 g/mol. The Hall–Kier alpha value is -2.18. The maximum absolute atomic E-state index is 13.7. The summed E-state index contributed by atoms with van der Waals surface area (Å²) >= 11 is 0. The summed E-state index contributed by atoms with van der Waals surface area (Å²) in [4.78, 5) is 21.9. The molecule has 0 aromatic heterocycles. The van der Waals surface area contributed by atoms with Gasteiger partial charge in [-0.15, -0.1) is 0 Å². The van der Waals surface area contributed by atoms with Crippen molar-refractivity contribution in [1.29, 1.82) is 0 Å². The predicted molar refractivity (Wildman–Crippen MR) is 73.8 cm³/mol. The molecule has 3 N–H and O–H groups in total. The fraction of sp³-hybridized carbons (Fsp3) is 0.462. The number of carbonyl (C=O) groups is 1. The Kier molecular flexibility index (Phi) is 5.01. The number of benzene rings is 1. The lowest BCUT2D eigenvalue weighted by Gasteiger charge is -2.16. The zero-order valence-electron chi connectivity index (χ0n) is 11.6. The Morgan fingerprint density at radius 1 is 1.45 bits per heavy atom. The van der Waals surface area contributed by atoms with Gasteiger partial charge in [0.05, 0.1) is 4.92 Å². The topological polar surface area (TPSA) is 98.3 Å². The SMILES string of the molecule is CC(C)C(C)CNC(=O)c1c(F)ccc([N+](=O)[O-])c1N. The van der Waals surface area contributed by atoms with E-state index in [1.807, 2.05) is 20.8 Å². The van der Waals surface area contributed by atoms with Crippen LogP contribution >= 0.6 is 0 Å². The second-order valence-electron chi connectivity index (χ2n) is 5.04. The Labute approximate surface area is 116 Å². The summed E-state index contributed by atoms with van der Waals surface area (Å²) in [6, 6.07) is 1.81. The fourth-order valence-corrected chi connectivity index (χ4v) is 1.55. The van der Waals surface area contributed by atoms with Crippen molar-refractivity contribution in [2.45, 2.75) is 20.8 Å². The minimum absolute atomic E-state index is 0.196. The summed E-state index contributed by atoms with van der Waals surface area (Å²) in [5.41, 5.74) is 4.10. The molecule has 1 rings (SSSR count). The molecule has 1 aromatic carbocycles. The molecule has 0 aliphatic rings. The third-order valence-corrected chi connectivity index (χ3v) is 3.32. The lowest BCUT2D eigenvalue weighted by molar-refractivity contribution is -0.384. The monoisotopic (exact) mass is 283 g/mol. The maximum atomic E-state index is 13.7. The van der Waals surface area contributed by atoms with Crippen molar-refractivity contribution >= 4 is 17.3 Å². The van der Waals surface area contributed by atoms with E-state index in [0.29, 0.717) is 12.5 Å². The van der Waals surface area contributed by atoms with Gasteiger partial charge in [0.15, 0.2) is 0 Å². The average Bonchev–Trinajstić information content (AvgIpc) is 2.35. The van der Waals surface area contributed by atoms with Crippen LogP contribution in [0.3, 0.4) is 0 Å². The van der Waals surface area contributed by atoms with E-state index >= 15 is 0 Å². The van der Waals surface area contributed by atoms with E-state index in [-0.39, 0.29) is 5.92 Å². The molecule has 1 amide bonds. The minimum atomic E-state index is -0.872. The van der Waals surface area contributed by atoms with Crippen LogP contribution in [0.15, 0.2) is 12.1 Å². The van der Waals surface area contributed by atoms with Gasteiger partial charge in [-0.1, -0.05) is 20.8 Å². The van der Waals surface area contributed by atoms with Crippen LogP contribution in [0.25, 0.3) is 0 Å². The van der Waals surface area contributed by atoms with Crippen LogP contribution in [-0.4, -0.2) is 17.4 Å². The quantitative estimate of drug-likeness (QED) is 0.492. The van der Waals surface area contributed by atoms with Crippen molar-refractivity contribution in [3.05, 3.63) is 33.6 Å². The normalized spacial score (nSPS) is 12.2. The number of hydrogen-bond acceptors (Lipinski definition) is 4. The molecule has 1 unspecified atom stereocenters. The van der Waals surface area contributed by atoms with E-state index in [2.05, 4.69) is 5.32 Å². The third-order valence-electron chi connectivity index (χ3n) is 3.32. The molecule has 0 saturated carbocycles. The molecule has 0 radical (unpaired) electrons. The van der Waals surface area contributed by atoms with Gasteiger partial charge in [-0.05, 0) is 17.9 Å². The van der Waals surface area contributed by atoms with E-state index in [0.717, 1.165) is 12.1 Å². The Bertz CT molecular complexity index is 532. The first kappa shape index (κ1) is 15.9. The summed E-state index contributed by atoms with van der Waals surface area (Å²) in [7, 11) is 0. The summed E-state index contributed by atoms with van der Waals surface area (Å²) in [6.07, 6.45) is 0. The standard InChI is InChI=1S/C13H18FN3O3/c1-7(2)8(3)6-16-13(18)11-9(14)4-5-10(12(11)15)17(19)20/h4-5,7-8H,6,15H2,1-3H3,(H,16,18). The fourth-order valence-electron chi connectivity index (χ4n) is 1.55. The van der Waals surface area contributed by atoms with Gasteiger partial charge in [0.1, 0.15) is 17.1 Å². The number of nitro groups is 1. The second-order valence-corrected chi connectivity index (χ2v) is 5.04. The predicted octanol–water partition coefficient (Wildman–Crippen LogP) is 2.34. The van der Waals surface area contributed by atoms with Gasteiger partial charge in [-0.25, -0.2) is 4.39 Å². The van der Waals surface area contributed by atoms with Gasteiger partial charge < -0.3 is 11.1 Å². The third kappa shape index (κ3) is 3.43. The second kappa shape index (κ2) is 6.31. The molecule has 0 fully saturated rings. The molecular formula is C13H18FN3O3. The lowest BCUT2D eigenvalue weighted by atomic mass is 9.98. The van der Waals surface area contributed by atoms with Crippen LogP contribution < -0.4 is 11.1 Å². The number of nitro benzene ring substituents is 1. The minimum Gasteiger partial charge on any atom is -0.392 e. The highest BCUT2D eigenvalue weighted by molar-refractivity contribution is 6.01. The Morgan fingerprint density at radius 2 is 2.05 bits per heavy atom. The summed E-state index contributed by atoms with van der Waals surface area (Å²) in [6.45, 7) is 6.29. The highest BCUT2D eigenvalue weighted by atomic mass is 19.1. The highest BCUT2D eigenvalue weighted by Crippen LogP contribution is 2.27. The summed E-state index contributed by atoms with van der Waals surface area (Å²) < 4.78 is 13.7. The van der Waals surface area contributed by atoms with Crippen molar-refractivity contribution in [2.24, 2.45) is 11.8 Å². The number of anilines is 1. The molecule has 1 atom stereocenters. The zero-order valence-corrected chi connectivity index (χ0v) is 11.6. The molecule has 0 saturated heterocycles. The number of halogens is 1. The van der Waals surface area contributed by atoms with Gasteiger partial charge in [-0.2, -0.15) is 0 Å². The highest BCUT2D eigenvalue weighted by Gasteiger charge is 2.24. The number of nitrogens with zero attached hydrogens (tertiary/aromatic N) is 1. The molecule has 0 aliphatic carbocycles. The van der Waals surface area contributed by atoms with E-state index < -0.39 is 33.6 Å². The van der Waals surface area contributed by atoms with Crippen LogP contribution in [0.4, 0.5) is 15.8 Å². The molecule has 20 heavy (non-hydrogen) atoms. The van der Waals surface area contributed by atoms with Crippen LogP contribution in [0.1, 0.15) is 31.1 Å². The molecule has 7 heteroatoms. The smallest absolute Gasteiger partial charge is 0.293 e. The number of hydrogen-bond donors (Lipinski definition) is 2. The van der Waals surface area contributed by atoms with Crippen molar-refractivity contribution in [2.75, 3.05) is 12.3 Å². The molecule has 0 heterocycles. The van der Waals surface area contributed by atoms with Crippen molar-refractivity contribution < 1.29 is 14.1 Å².